The molecular weight excluding hydrogens is 1010 g/mol. The fraction of sp³-hybridized carbons (Fsp3) is 0.750. The number of unbranched alkanes of at least 4 members (excludes halogenated alkanes) is 37. The second-order valence-corrected chi connectivity index (χ2v) is 23.4. The monoisotopic (exact) mass is 1140 g/mol. The Morgan fingerprint density at radius 2 is 0.500 bits per heavy atom. The Bertz CT molecular complexity index is 1590. The summed E-state index contributed by atoms with van der Waals surface area (Å²) in [6.07, 6.45) is 94.3. The Labute approximate surface area is 508 Å². The molecule has 0 N–H and O–H groups in total. The lowest BCUT2D eigenvalue weighted by Gasteiger charge is -2.18. The number of hydrogen-bond acceptors (Lipinski definition) is 6. The molecule has 0 saturated heterocycles. The van der Waals surface area contributed by atoms with Gasteiger partial charge in [0.1, 0.15) is 13.2 Å². The molecule has 1 atom stereocenters. The molecule has 0 amide bonds. The molecule has 0 bridgehead atoms. The van der Waals surface area contributed by atoms with E-state index in [2.05, 4.69) is 118 Å². The van der Waals surface area contributed by atoms with Gasteiger partial charge in [0.05, 0.1) is 0 Å². The maximum Gasteiger partial charge on any atom is 0.306 e. The lowest BCUT2D eigenvalue weighted by atomic mass is 10.0. The third kappa shape index (κ3) is 67.1. The molecule has 0 aromatic carbocycles. The Morgan fingerprint density at radius 3 is 0.793 bits per heavy atom. The molecule has 0 aromatic rings. The predicted molar refractivity (Wildman–Crippen MR) is 357 cm³/mol. The van der Waals surface area contributed by atoms with Crippen LogP contribution in [0, 0.1) is 0 Å². The van der Waals surface area contributed by atoms with Gasteiger partial charge < -0.3 is 14.2 Å². The molecule has 0 aromatic heterocycles. The van der Waals surface area contributed by atoms with Gasteiger partial charge in [0.15, 0.2) is 6.10 Å². The van der Waals surface area contributed by atoms with E-state index in [1.807, 2.05) is 0 Å². The number of ether oxygens (including phenoxy) is 3. The van der Waals surface area contributed by atoms with Crippen molar-refractivity contribution < 1.29 is 28.6 Å². The number of hydrogen-bond donors (Lipinski definition) is 0. The molecule has 0 aliphatic rings. The summed E-state index contributed by atoms with van der Waals surface area (Å²) in [5, 5.41) is 0. The first kappa shape index (κ1) is 78.3. The first-order valence-electron chi connectivity index (χ1n) is 35.2. The smallest absolute Gasteiger partial charge is 0.306 e. The first-order chi connectivity index (χ1) is 40.5. The van der Waals surface area contributed by atoms with Crippen molar-refractivity contribution >= 4 is 17.9 Å². The number of allylic oxidation sites excluding steroid dienone is 16. The van der Waals surface area contributed by atoms with Crippen LogP contribution in [0.3, 0.4) is 0 Å². The molecule has 0 spiro atoms. The third-order valence-electron chi connectivity index (χ3n) is 15.3. The molecule has 472 valence electrons. The fourth-order valence-electron chi connectivity index (χ4n) is 10.1. The minimum Gasteiger partial charge on any atom is -0.462 e. The third-order valence-corrected chi connectivity index (χ3v) is 15.3. The van der Waals surface area contributed by atoms with Crippen molar-refractivity contribution in [2.75, 3.05) is 13.2 Å². The van der Waals surface area contributed by atoms with Gasteiger partial charge in [-0.25, -0.2) is 0 Å². The van der Waals surface area contributed by atoms with Gasteiger partial charge in [-0.3, -0.25) is 14.4 Å². The Hall–Kier alpha value is -3.67. The summed E-state index contributed by atoms with van der Waals surface area (Å²) in [6.45, 7) is 6.49. The lowest BCUT2D eigenvalue weighted by Crippen LogP contribution is -2.30. The van der Waals surface area contributed by atoms with E-state index in [0.717, 1.165) is 122 Å². The van der Waals surface area contributed by atoms with Crippen molar-refractivity contribution in [1.29, 1.82) is 0 Å². The Morgan fingerprint density at radius 1 is 0.256 bits per heavy atom. The minimum absolute atomic E-state index is 0.0813. The normalized spacial score (nSPS) is 12.7. The highest BCUT2D eigenvalue weighted by atomic mass is 16.6. The first-order valence-corrected chi connectivity index (χ1v) is 35.2. The Balaban J connectivity index is 4.27. The molecule has 6 nitrogen and oxygen atoms in total. The summed E-state index contributed by atoms with van der Waals surface area (Å²) in [6, 6.07) is 0. The van der Waals surface area contributed by atoms with Crippen LogP contribution < -0.4 is 0 Å². The van der Waals surface area contributed by atoms with Crippen LogP contribution in [0.4, 0.5) is 0 Å². The van der Waals surface area contributed by atoms with E-state index < -0.39 is 6.10 Å². The summed E-state index contributed by atoms with van der Waals surface area (Å²) in [5.41, 5.74) is 0. The van der Waals surface area contributed by atoms with E-state index in [4.69, 9.17) is 14.2 Å². The largest absolute Gasteiger partial charge is 0.462 e. The zero-order chi connectivity index (χ0) is 59.2. The van der Waals surface area contributed by atoms with Gasteiger partial charge in [0.25, 0.3) is 0 Å². The second-order valence-electron chi connectivity index (χ2n) is 23.4. The number of carbonyl (C=O) groups is 3. The summed E-state index contributed by atoms with van der Waals surface area (Å²) >= 11 is 0. The van der Waals surface area contributed by atoms with Crippen LogP contribution >= 0.6 is 0 Å². The predicted octanol–water partition coefficient (Wildman–Crippen LogP) is 24.4. The fourth-order valence-corrected chi connectivity index (χ4v) is 10.1. The van der Waals surface area contributed by atoms with Crippen molar-refractivity contribution in [1.82, 2.24) is 0 Å². The van der Waals surface area contributed by atoms with Gasteiger partial charge >= 0.3 is 17.9 Å². The van der Waals surface area contributed by atoms with E-state index >= 15 is 0 Å². The summed E-state index contributed by atoms with van der Waals surface area (Å²) in [4.78, 5) is 38.4. The molecule has 1 unspecified atom stereocenters. The van der Waals surface area contributed by atoms with Crippen LogP contribution in [0.5, 0.6) is 0 Å². The van der Waals surface area contributed by atoms with Crippen molar-refractivity contribution in [2.45, 2.75) is 354 Å². The lowest BCUT2D eigenvalue weighted by molar-refractivity contribution is -0.167. The molecule has 0 radical (unpaired) electrons. The molecule has 0 aliphatic heterocycles. The van der Waals surface area contributed by atoms with E-state index in [1.54, 1.807) is 0 Å². The van der Waals surface area contributed by atoms with Crippen molar-refractivity contribution in [3.8, 4) is 0 Å². The van der Waals surface area contributed by atoms with Crippen LogP contribution in [0.1, 0.15) is 348 Å². The van der Waals surface area contributed by atoms with Crippen molar-refractivity contribution in [3.63, 3.8) is 0 Å². The zero-order valence-electron chi connectivity index (χ0n) is 54.2. The quantitative estimate of drug-likeness (QED) is 0.0261. The van der Waals surface area contributed by atoms with Crippen molar-refractivity contribution in [2.24, 2.45) is 0 Å². The van der Waals surface area contributed by atoms with E-state index in [9.17, 15) is 14.4 Å². The molecule has 6 heteroatoms. The number of carbonyl (C=O) groups excluding carboxylic acids is 3. The van der Waals surface area contributed by atoms with Gasteiger partial charge in [-0.05, 0) is 96.3 Å². The van der Waals surface area contributed by atoms with Crippen molar-refractivity contribution in [3.05, 3.63) is 97.2 Å². The number of rotatable bonds is 64. The molecule has 0 rings (SSSR count). The van der Waals surface area contributed by atoms with Crippen LogP contribution in [0.2, 0.25) is 0 Å². The summed E-state index contributed by atoms with van der Waals surface area (Å²) in [5.74, 6) is -0.882. The average molecular weight is 1140 g/mol. The molecule has 0 aliphatic carbocycles. The molecule has 0 saturated carbocycles. The van der Waals surface area contributed by atoms with E-state index in [-0.39, 0.29) is 31.1 Å². The highest BCUT2D eigenvalue weighted by molar-refractivity contribution is 5.71. The van der Waals surface area contributed by atoms with Crippen LogP contribution in [0.15, 0.2) is 97.2 Å². The number of esters is 3. The van der Waals surface area contributed by atoms with Crippen LogP contribution in [-0.4, -0.2) is 37.2 Å². The van der Waals surface area contributed by atoms with Gasteiger partial charge in [-0.1, -0.05) is 330 Å². The van der Waals surface area contributed by atoms with Gasteiger partial charge in [0.2, 0.25) is 0 Å². The van der Waals surface area contributed by atoms with Crippen LogP contribution in [0.25, 0.3) is 0 Å². The highest BCUT2D eigenvalue weighted by Gasteiger charge is 2.19. The Kier molecular flexibility index (Phi) is 66.7. The molecule has 82 heavy (non-hydrogen) atoms. The standard InChI is InChI=1S/C76H132O6/c1-4-7-10-13-16-19-22-25-27-29-31-33-35-36-37-38-39-40-41-43-44-46-48-51-54-57-60-63-66-69-75(78)81-72-73(71-80-74(77)68-65-62-59-56-53-50-24-21-18-15-12-9-6-3)82-76(79)70-67-64-61-58-55-52-49-47-45-42-34-32-30-28-26-23-20-17-14-11-8-5-2/h7,10,12,15-16,19,21,24-25,27,31,33,36-37,39-40,73H,4-6,8-9,11,13-14,17-18,20,22-23,26,28-30,32,34-35,38,41-72H2,1-3H3/b10-7-,15-12-,19-16-,24-21-,27-25-,33-31-,37-36-,40-39-. The van der Waals surface area contributed by atoms with Crippen LogP contribution in [-0.2, 0) is 28.6 Å². The second kappa shape index (κ2) is 69.8. The summed E-state index contributed by atoms with van der Waals surface area (Å²) in [7, 11) is 0. The van der Waals surface area contributed by atoms with Gasteiger partial charge in [-0.2, -0.15) is 0 Å². The molecule has 0 heterocycles. The average Bonchev–Trinajstić information content (AvgIpc) is 3.47. The highest BCUT2D eigenvalue weighted by Crippen LogP contribution is 2.18. The van der Waals surface area contributed by atoms with Gasteiger partial charge in [0, 0.05) is 19.3 Å². The summed E-state index contributed by atoms with van der Waals surface area (Å²) < 4.78 is 17.0. The van der Waals surface area contributed by atoms with E-state index in [0.29, 0.717) is 19.3 Å². The molecule has 0 fully saturated rings. The SMILES string of the molecule is CC/C=C\C/C=C\C/C=C\C/C=C\C/C=C\C/C=C\CCCCCCCCCCCCC(=O)OCC(COC(=O)CCCCCCC/C=C\C/C=C\CCC)OC(=O)CCCCCCCCCCCCCCCCCCCCCCCC. The minimum atomic E-state index is -0.785. The zero-order valence-corrected chi connectivity index (χ0v) is 54.2. The van der Waals surface area contributed by atoms with Gasteiger partial charge in [-0.15, -0.1) is 0 Å². The molecular formula is C76H132O6. The topological polar surface area (TPSA) is 78.9 Å². The maximum absolute atomic E-state index is 13.0. The maximum atomic E-state index is 13.0. The van der Waals surface area contributed by atoms with E-state index in [1.165, 1.54) is 186 Å².